The molecule has 0 aliphatic rings. The van der Waals surface area contributed by atoms with Gasteiger partial charge in [-0.15, -0.1) is 0 Å². The fraction of sp³-hybridized carbons (Fsp3) is 0.0714. The molecule has 2 nitrogen and oxygen atoms in total. The molecule has 0 spiro atoms. The molecule has 0 bridgehead atoms. The predicted molar refractivity (Wildman–Crippen MR) is 78.7 cm³/mol. The van der Waals surface area contributed by atoms with Crippen molar-refractivity contribution in [2.24, 2.45) is 0 Å². The molecule has 0 aromatic heterocycles. The highest BCUT2D eigenvalue weighted by atomic mass is 35.5. The number of benzene rings is 2. The van der Waals surface area contributed by atoms with Crippen LogP contribution in [0.1, 0.15) is 15.9 Å². The Bertz CT molecular complexity index is 641. The van der Waals surface area contributed by atoms with Gasteiger partial charge >= 0.3 is 5.97 Å². The van der Waals surface area contributed by atoms with Gasteiger partial charge in [-0.1, -0.05) is 35.0 Å². The Morgan fingerprint density at radius 2 is 1.89 bits per heavy atom. The smallest absolute Gasteiger partial charge is 0.335 e. The zero-order valence-corrected chi connectivity index (χ0v) is 12.3. The molecule has 5 heteroatoms. The molecule has 2 aromatic rings. The summed E-state index contributed by atoms with van der Waals surface area (Å²) in [6.07, 6.45) is 0. The van der Waals surface area contributed by atoms with E-state index in [2.05, 4.69) is 0 Å². The SMILES string of the molecule is Cc1cc(Sc2cc(Cl)ccc2Cl)ccc1C(=O)O. The lowest BCUT2D eigenvalue weighted by Crippen LogP contribution is -1.99. The van der Waals surface area contributed by atoms with Gasteiger partial charge in [0.2, 0.25) is 0 Å². The van der Waals surface area contributed by atoms with Crippen molar-refractivity contribution in [3.05, 3.63) is 57.6 Å². The average Bonchev–Trinajstić information content (AvgIpc) is 2.33. The largest absolute Gasteiger partial charge is 0.478 e. The third-order valence-corrected chi connectivity index (χ3v) is 4.27. The maximum Gasteiger partial charge on any atom is 0.335 e. The molecular weight excluding hydrogens is 303 g/mol. The van der Waals surface area contributed by atoms with Gasteiger partial charge in [-0.05, 0) is 48.9 Å². The number of halogens is 2. The monoisotopic (exact) mass is 312 g/mol. The van der Waals surface area contributed by atoms with Crippen molar-refractivity contribution in [2.75, 3.05) is 0 Å². The van der Waals surface area contributed by atoms with E-state index in [1.165, 1.54) is 11.8 Å². The third kappa shape index (κ3) is 3.44. The second kappa shape index (κ2) is 5.87. The highest BCUT2D eigenvalue weighted by Crippen LogP contribution is 2.35. The van der Waals surface area contributed by atoms with Gasteiger partial charge in [-0.3, -0.25) is 0 Å². The van der Waals surface area contributed by atoms with Crippen LogP contribution in [0.4, 0.5) is 0 Å². The molecular formula is C14H10Cl2O2S. The number of aryl methyl sites for hydroxylation is 1. The lowest BCUT2D eigenvalue weighted by Gasteiger charge is -2.07. The van der Waals surface area contributed by atoms with Crippen LogP contribution in [0.5, 0.6) is 0 Å². The summed E-state index contributed by atoms with van der Waals surface area (Å²) in [5.41, 5.74) is 1.03. The zero-order valence-electron chi connectivity index (χ0n) is 9.98. The molecule has 0 saturated carbocycles. The molecule has 0 aliphatic heterocycles. The van der Waals surface area contributed by atoms with Crippen LogP contribution in [0.3, 0.4) is 0 Å². The van der Waals surface area contributed by atoms with Crippen LogP contribution < -0.4 is 0 Å². The van der Waals surface area contributed by atoms with E-state index in [9.17, 15) is 4.79 Å². The first-order chi connectivity index (χ1) is 8.97. The summed E-state index contributed by atoms with van der Waals surface area (Å²) in [5, 5.41) is 10.2. The van der Waals surface area contributed by atoms with E-state index in [1.807, 2.05) is 6.07 Å². The van der Waals surface area contributed by atoms with Gasteiger partial charge in [0, 0.05) is 14.8 Å². The maximum atomic E-state index is 10.9. The first-order valence-corrected chi connectivity index (χ1v) is 7.01. The molecule has 2 rings (SSSR count). The van der Waals surface area contributed by atoms with Crippen molar-refractivity contribution < 1.29 is 9.90 Å². The Morgan fingerprint density at radius 1 is 1.16 bits per heavy atom. The van der Waals surface area contributed by atoms with Crippen molar-refractivity contribution in [1.29, 1.82) is 0 Å². The van der Waals surface area contributed by atoms with E-state index in [1.54, 1.807) is 37.3 Å². The van der Waals surface area contributed by atoms with Crippen LogP contribution in [0.2, 0.25) is 10.0 Å². The topological polar surface area (TPSA) is 37.3 Å². The molecule has 0 radical (unpaired) electrons. The molecule has 0 aliphatic carbocycles. The minimum atomic E-state index is -0.921. The minimum absolute atomic E-state index is 0.307. The number of rotatable bonds is 3. The van der Waals surface area contributed by atoms with Crippen LogP contribution >= 0.6 is 35.0 Å². The van der Waals surface area contributed by atoms with Crippen molar-refractivity contribution in [3.63, 3.8) is 0 Å². The van der Waals surface area contributed by atoms with Gasteiger partial charge in [-0.25, -0.2) is 4.79 Å². The lowest BCUT2D eigenvalue weighted by molar-refractivity contribution is 0.0696. The van der Waals surface area contributed by atoms with Crippen LogP contribution in [-0.4, -0.2) is 11.1 Å². The molecule has 0 heterocycles. The van der Waals surface area contributed by atoms with Crippen molar-refractivity contribution in [3.8, 4) is 0 Å². The second-order valence-electron chi connectivity index (χ2n) is 3.96. The Morgan fingerprint density at radius 3 is 2.53 bits per heavy atom. The van der Waals surface area contributed by atoms with Crippen molar-refractivity contribution in [2.45, 2.75) is 16.7 Å². The quantitative estimate of drug-likeness (QED) is 0.851. The number of hydrogen-bond acceptors (Lipinski definition) is 2. The zero-order chi connectivity index (χ0) is 14.0. The summed E-state index contributed by atoms with van der Waals surface area (Å²) in [5.74, 6) is -0.921. The molecule has 0 unspecified atom stereocenters. The third-order valence-electron chi connectivity index (χ3n) is 2.55. The van der Waals surface area contributed by atoms with E-state index in [0.717, 1.165) is 15.4 Å². The standard InChI is InChI=1S/C14H10Cl2O2S/c1-8-6-10(3-4-11(8)14(17)18)19-13-7-9(15)2-5-12(13)16/h2-7H,1H3,(H,17,18). The van der Waals surface area contributed by atoms with Gasteiger partial charge in [-0.2, -0.15) is 0 Å². The predicted octanol–water partition coefficient (Wildman–Crippen LogP) is 5.15. The fourth-order valence-electron chi connectivity index (χ4n) is 1.62. The normalized spacial score (nSPS) is 10.5. The molecule has 0 saturated heterocycles. The van der Waals surface area contributed by atoms with Crippen LogP contribution in [0.15, 0.2) is 46.2 Å². The Kier molecular flexibility index (Phi) is 4.40. The number of carboxylic acids is 1. The number of carbonyl (C=O) groups is 1. The summed E-state index contributed by atoms with van der Waals surface area (Å²) in [7, 11) is 0. The van der Waals surface area contributed by atoms with E-state index >= 15 is 0 Å². The van der Waals surface area contributed by atoms with E-state index in [0.29, 0.717) is 15.6 Å². The maximum absolute atomic E-state index is 10.9. The Labute approximate surface area is 125 Å². The van der Waals surface area contributed by atoms with E-state index < -0.39 is 5.97 Å². The summed E-state index contributed by atoms with van der Waals surface area (Å²) in [6.45, 7) is 1.77. The fourth-order valence-corrected chi connectivity index (χ4v) is 3.07. The van der Waals surface area contributed by atoms with Crippen LogP contribution in [0.25, 0.3) is 0 Å². The lowest BCUT2D eigenvalue weighted by atomic mass is 10.1. The second-order valence-corrected chi connectivity index (χ2v) is 5.92. The highest BCUT2D eigenvalue weighted by molar-refractivity contribution is 7.99. The molecule has 2 aromatic carbocycles. The number of hydrogen-bond donors (Lipinski definition) is 1. The molecule has 0 amide bonds. The molecule has 19 heavy (non-hydrogen) atoms. The first kappa shape index (κ1) is 14.3. The van der Waals surface area contributed by atoms with Gasteiger partial charge in [0.15, 0.2) is 0 Å². The molecule has 98 valence electrons. The minimum Gasteiger partial charge on any atom is -0.478 e. The highest BCUT2D eigenvalue weighted by Gasteiger charge is 2.09. The summed E-state index contributed by atoms with van der Waals surface area (Å²) in [6, 6.07) is 10.4. The van der Waals surface area contributed by atoms with Gasteiger partial charge in [0.1, 0.15) is 0 Å². The van der Waals surface area contributed by atoms with Crippen molar-refractivity contribution >= 4 is 40.9 Å². The number of carboxylic acid groups (broad SMARTS) is 1. The van der Waals surface area contributed by atoms with E-state index in [-0.39, 0.29) is 0 Å². The summed E-state index contributed by atoms with van der Waals surface area (Å²) >= 11 is 13.5. The Balaban J connectivity index is 2.31. The summed E-state index contributed by atoms with van der Waals surface area (Å²) in [4.78, 5) is 12.7. The van der Waals surface area contributed by atoms with Crippen molar-refractivity contribution in [1.82, 2.24) is 0 Å². The van der Waals surface area contributed by atoms with Crippen LogP contribution in [0, 0.1) is 6.92 Å². The molecule has 1 N–H and O–H groups in total. The summed E-state index contributed by atoms with van der Waals surface area (Å²) < 4.78 is 0. The van der Waals surface area contributed by atoms with Gasteiger partial charge < -0.3 is 5.11 Å². The first-order valence-electron chi connectivity index (χ1n) is 5.44. The molecule has 0 atom stereocenters. The van der Waals surface area contributed by atoms with Crippen LogP contribution in [-0.2, 0) is 0 Å². The Hall–Kier alpha value is -1.16. The average molecular weight is 313 g/mol. The number of aromatic carboxylic acids is 1. The van der Waals surface area contributed by atoms with E-state index in [4.69, 9.17) is 28.3 Å². The van der Waals surface area contributed by atoms with Gasteiger partial charge in [0.05, 0.1) is 10.6 Å². The van der Waals surface area contributed by atoms with Gasteiger partial charge in [0.25, 0.3) is 0 Å². The molecule has 0 fully saturated rings.